The molecule has 0 aliphatic carbocycles. The third kappa shape index (κ3) is 1.96. The zero-order valence-electron chi connectivity index (χ0n) is 11.5. The molecule has 1 fully saturated rings. The van der Waals surface area contributed by atoms with Crippen LogP contribution in [0.15, 0.2) is 12.4 Å². The van der Waals surface area contributed by atoms with Gasteiger partial charge in [0, 0.05) is 5.92 Å². The van der Waals surface area contributed by atoms with Crippen LogP contribution in [-0.2, 0) is 4.74 Å². The number of anilines is 1. The van der Waals surface area contributed by atoms with Crippen molar-refractivity contribution in [2.75, 3.05) is 12.3 Å². The SMILES string of the molecule is C#Cc1cc([C@@H]2O[C@H](CO)[C@@H](C)[C@@H]2O)n2ncnc(N)c12. The standard InChI is InChI=1S/C14H16N4O3/c1-3-8-4-9(18-11(8)14(15)16-6-17-18)13-12(20)7(2)10(5-19)21-13/h1,4,6-7,10,12-13,19-20H,5H2,2H3,(H2,15,16,17)/t7-,10-,12+,13+/m1/s1. The molecule has 7 heteroatoms. The molecule has 3 rings (SSSR count). The summed E-state index contributed by atoms with van der Waals surface area (Å²) in [7, 11) is 0. The lowest BCUT2D eigenvalue weighted by atomic mass is 9.97. The summed E-state index contributed by atoms with van der Waals surface area (Å²) < 4.78 is 7.28. The molecule has 4 N–H and O–H groups in total. The summed E-state index contributed by atoms with van der Waals surface area (Å²) in [5.41, 5.74) is 7.51. The Morgan fingerprint density at radius 3 is 2.95 bits per heavy atom. The van der Waals surface area contributed by atoms with Crippen molar-refractivity contribution < 1.29 is 14.9 Å². The van der Waals surface area contributed by atoms with Gasteiger partial charge in [0.15, 0.2) is 5.82 Å². The molecular formula is C14H16N4O3. The normalized spacial score (nSPS) is 28.9. The molecule has 2 aromatic rings. The number of hydrogen-bond acceptors (Lipinski definition) is 6. The Balaban J connectivity index is 2.14. The van der Waals surface area contributed by atoms with Gasteiger partial charge in [-0.15, -0.1) is 6.42 Å². The Morgan fingerprint density at radius 1 is 1.57 bits per heavy atom. The van der Waals surface area contributed by atoms with Crippen molar-refractivity contribution in [3.63, 3.8) is 0 Å². The van der Waals surface area contributed by atoms with E-state index in [1.54, 1.807) is 6.07 Å². The molecule has 1 aliphatic heterocycles. The van der Waals surface area contributed by atoms with E-state index >= 15 is 0 Å². The van der Waals surface area contributed by atoms with Gasteiger partial charge in [-0.25, -0.2) is 9.50 Å². The predicted octanol–water partition coefficient (Wildman–Crippen LogP) is -0.278. The van der Waals surface area contributed by atoms with Gasteiger partial charge in [0.1, 0.15) is 17.9 Å². The first kappa shape index (κ1) is 13.8. The van der Waals surface area contributed by atoms with E-state index in [1.807, 2.05) is 6.92 Å². The highest BCUT2D eigenvalue weighted by Crippen LogP contribution is 2.38. The number of ether oxygens (including phenoxy) is 1. The molecule has 0 aromatic carbocycles. The molecule has 3 heterocycles. The minimum absolute atomic E-state index is 0.156. The van der Waals surface area contributed by atoms with Crippen LogP contribution in [0, 0.1) is 18.3 Å². The van der Waals surface area contributed by atoms with E-state index < -0.39 is 18.3 Å². The van der Waals surface area contributed by atoms with Gasteiger partial charge in [-0.1, -0.05) is 12.8 Å². The quantitative estimate of drug-likeness (QED) is 0.656. The van der Waals surface area contributed by atoms with E-state index in [0.717, 1.165) is 0 Å². The summed E-state index contributed by atoms with van der Waals surface area (Å²) in [4.78, 5) is 3.93. The number of nitrogens with zero attached hydrogens (tertiary/aromatic N) is 3. The van der Waals surface area contributed by atoms with Crippen molar-refractivity contribution in [2.24, 2.45) is 5.92 Å². The number of aliphatic hydroxyl groups excluding tert-OH is 2. The molecule has 0 unspecified atom stereocenters. The van der Waals surface area contributed by atoms with Crippen molar-refractivity contribution in [1.82, 2.24) is 14.6 Å². The Hall–Kier alpha value is -2.14. The van der Waals surface area contributed by atoms with Crippen molar-refractivity contribution >= 4 is 11.3 Å². The highest BCUT2D eigenvalue weighted by Gasteiger charge is 2.42. The van der Waals surface area contributed by atoms with Gasteiger partial charge in [-0.3, -0.25) is 0 Å². The Morgan fingerprint density at radius 2 is 2.33 bits per heavy atom. The number of nitrogens with two attached hydrogens (primary N) is 1. The minimum Gasteiger partial charge on any atom is -0.394 e. The van der Waals surface area contributed by atoms with E-state index in [4.69, 9.17) is 16.9 Å². The monoisotopic (exact) mass is 288 g/mol. The Kier molecular flexibility index (Phi) is 3.29. The van der Waals surface area contributed by atoms with Crippen LogP contribution in [-0.4, -0.2) is 43.6 Å². The topological polar surface area (TPSA) is 106 Å². The summed E-state index contributed by atoms with van der Waals surface area (Å²) >= 11 is 0. The third-order valence-electron chi connectivity index (χ3n) is 3.99. The van der Waals surface area contributed by atoms with E-state index in [-0.39, 0.29) is 18.3 Å². The fraction of sp³-hybridized carbons (Fsp3) is 0.429. The van der Waals surface area contributed by atoms with Crippen LogP contribution in [0.25, 0.3) is 5.52 Å². The second-order valence-corrected chi connectivity index (χ2v) is 5.16. The van der Waals surface area contributed by atoms with E-state index in [9.17, 15) is 10.2 Å². The maximum atomic E-state index is 10.3. The average Bonchev–Trinajstić information content (AvgIpc) is 2.99. The van der Waals surface area contributed by atoms with Crippen LogP contribution in [0.3, 0.4) is 0 Å². The van der Waals surface area contributed by atoms with Crippen molar-refractivity contribution in [2.45, 2.75) is 25.2 Å². The second kappa shape index (κ2) is 5.00. The van der Waals surface area contributed by atoms with Crippen LogP contribution >= 0.6 is 0 Å². The van der Waals surface area contributed by atoms with E-state index in [2.05, 4.69) is 16.0 Å². The van der Waals surface area contributed by atoms with Crippen LogP contribution in [0.2, 0.25) is 0 Å². The predicted molar refractivity (Wildman–Crippen MR) is 75.2 cm³/mol. The van der Waals surface area contributed by atoms with Gasteiger partial charge < -0.3 is 20.7 Å². The maximum absolute atomic E-state index is 10.3. The smallest absolute Gasteiger partial charge is 0.152 e. The van der Waals surface area contributed by atoms with Crippen molar-refractivity contribution in [3.05, 3.63) is 23.7 Å². The zero-order chi connectivity index (χ0) is 15.1. The largest absolute Gasteiger partial charge is 0.394 e. The highest BCUT2D eigenvalue weighted by molar-refractivity contribution is 5.75. The van der Waals surface area contributed by atoms with Gasteiger partial charge in [0.25, 0.3) is 0 Å². The molecule has 4 atom stereocenters. The zero-order valence-corrected chi connectivity index (χ0v) is 11.5. The Bertz CT molecular complexity index is 721. The number of rotatable bonds is 2. The average molecular weight is 288 g/mol. The lowest BCUT2D eigenvalue weighted by molar-refractivity contribution is -0.0152. The molecule has 0 spiro atoms. The van der Waals surface area contributed by atoms with E-state index in [1.165, 1.54) is 10.8 Å². The molecule has 2 aromatic heterocycles. The van der Waals surface area contributed by atoms with Gasteiger partial charge in [0.2, 0.25) is 0 Å². The first-order valence-corrected chi connectivity index (χ1v) is 6.61. The molecule has 7 nitrogen and oxygen atoms in total. The van der Waals surface area contributed by atoms with Gasteiger partial charge in [-0.2, -0.15) is 5.10 Å². The number of nitrogen functional groups attached to an aromatic ring is 1. The fourth-order valence-electron chi connectivity index (χ4n) is 2.75. The van der Waals surface area contributed by atoms with Gasteiger partial charge >= 0.3 is 0 Å². The summed E-state index contributed by atoms with van der Waals surface area (Å²) in [6.07, 6.45) is 5.00. The fourth-order valence-corrected chi connectivity index (χ4v) is 2.75. The number of hydrogen-bond donors (Lipinski definition) is 3. The Labute approximate surface area is 121 Å². The van der Waals surface area contributed by atoms with Crippen LogP contribution in [0.1, 0.15) is 24.3 Å². The molecule has 1 aliphatic rings. The minimum atomic E-state index is -0.762. The maximum Gasteiger partial charge on any atom is 0.152 e. The number of terminal acetylenes is 1. The van der Waals surface area contributed by atoms with Gasteiger partial charge in [0.05, 0.1) is 30.1 Å². The lowest BCUT2D eigenvalue weighted by Gasteiger charge is -2.14. The van der Waals surface area contributed by atoms with Crippen molar-refractivity contribution in [3.8, 4) is 12.3 Å². The molecule has 0 bridgehead atoms. The number of fused-ring (bicyclic) bond motifs is 1. The van der Waals surface area contributed by atoms with Gasteiger partial charge in [-0.05, 0) is 6.07 Å². The molecule has 21 heavy (non-hydrogen) atoms. The summed E-state index contributed by atoms with van der Waals surface area (Å²) in [5.74, 6) is 2.61. The highest BCUT2D eigenvalue weighted by atomic mass is 16.5. The van der Waals surface area contributed by atoms with E-state index in [0.29, 0.717) is 16.8 Å². The molecule has 110 valence electrons. The van der Waals surface area contributed by atoms with Crippen LogP contribution < -0.4 is 5.73 Å². The molecule has 0 saturated carbocycles. The van der Waals surface area contributed by atoms with Crippen LogP contribution in [0.5, 0.6) is 0 Å². The lowest BCUT2D eigenvalue weighted by Crippen LogP contribution is -2.24. The van der Waals surface area contributed by atoms with Crippen molar-refractivity contribution in [1.29, 1.82) is 0 Å². The molecule has 1 saturated heterocycles. The summed E-state index contributed by atoms with van der Waals surface area (Å²) in [5, 5.41) is 23.8. The number of aromatic nitrogens is 3. The summed E-state index contributed by atoms with van der Waals surface area (Å²) in [6, 6.07) is 1.71. The number of aliphatic hydroxyl groups is 2. The molecular weight excluding hydrogens is 272 g/mol. The second-order valence-electron chi connectivity index (χ2n) is 5.16. The molecule has 0 radical (unpaired) electrons. The first-order valence-electron chi connectivity index (χ1n) is 6.61. The summed E-state index contributed by atoms with van der Waals surface area (Å²) in [6.45, 7) is 1.67. The van der Waals surface area contributed by atoms with Crippen LogP contribution in [0.4, 0.5) is 5.82 Å². The third-order valence-corrected chi connectivity index (χ3v) is 3.99. The first-order chi connectivity index (χ1) is 10.1. The molecule has 0 amide bonds.